The molecule has 1 saturated heterocycles. The normalized spacial score (nSPS) is 21.3. The van der Waals surface area contributed by atoms with Gasteiger partial charge in [0.25, 0.3) is 0 Å². The van der Waals surface area contributed by atoms with Crippen LogP contribution in [0.15, 0.2) is 24.3 Å². The van der Waals surface area contributed by atoms with Crippen molar-refractivity contribution in [1.82, 2.24) is 4.90 Å². The van der Waals surface area contributed by atoms with E-state index in [0.717, 1.165) is 25.1 Å². The van der Waals surface area contributed by atoms with Gasteiger partial charge in [-0.25, -0.2) is 0 Å². The smallest absolute Gasteiger partial charge is 0.223 e. The molecule has 0 bridgehead atoms. The van der Waals surface area contributed by atoms with E-state index in [4.69, 9.17) is 5.73 Å². The maximum absolute atomic E-state index is 12.5. The van der Waals surface area contributed by atoms with Crippen LogP contribution in [0.4, 0.5) is 5.69 Å². The van der Waals surface area contributed by atoms with E-state index in [2.05, 4.69) is 18.7 Å². The minimum Gasteiger partial charge on any atom is -0.399 e. The molecule has 1 aromatic carbocycles. The van der Waals surface area contributed by atoms with E-state index in [9.17, 15) is 4.79 Å². The van der Waals surface area contributed by atoms with E-state index in [0.29, 0.717) is 18.4 Å². The molecular weight excluding hydrogens is 248 g/mol. The molecule has 20 heavy (non-hydrogen) atoms. The second-order valence-electron chi connectivity index (χ2n) is 6.06. The maximum Gasteiger partial charge on any atom is 0.223 e. The van der Waals surface area contributed by atoms with Gasteiger partial charge in [0, 0.05) is 24.7 Å². The van der Waals surface area contributed by atoms with Crippen molar-refractivity contribution in [1.29, 1.82) is 0 Å². The third-order valence-corrected chi connectivity index (χ3v) is 4.36. The minimum absolute atomic E-state index is 0.249. The summed E-state index contributed by atoms with van der Waals surface area (Å²) in [5.74, 6) is 0.544. The Morgan fingerprint density at radius 1 is 1.30 bits per heavy atom. The number of anilines is 1. The SMILES string of the molecule is CC(CC(=O)N1CCCCCC1C)c1ccc(N)cc1. The van der Waals surface area contributed by atoms with Crippen LogP contribution in [0.25, 0.3) is 0 Å². The van der Waals surface area contributed by atoms with Crippen LogP contribution < -0.4 is 5.73 Å². The first-order valence-corrected chi connectivity index (χ1v) is 7.73. The van der Waals surface area contributed by atoms with Crippen molar-refractivity contribution >= 4 is 11.6 Å². The van der Waals surface area contributed by atoms with E-state index in [-0.39, 0.29) is 5.92 Å². The van der Waals surface area contributed by atoms with Gasteiger partial charge in [-0.05, 0) is 43.4 Å². The summed E-state index contributed by atoms with van der Waals surface area (Å²) >= 11 is 0. The molecule has 2 N–H and O–H groups in total. The second kappa shape index (κ2) is 6.78. The molecule has 3 nitrogen and oxygen atoms in total. The first-order valence-electron chi connectivity index (χ1n) is 7.73. The van der Waals surface area contributed by atoms with Crippen molar-refractivity contribution in [3.63, 3.8) is 0 Å². The molecule has 1 amide bonds. The van der Waals surface area contributed by atoms with Gasteiger partial charge in [-0.1, -0.05) is 31.9 Å². The van der Waals surface area contributed by atoms with Gasteiger partial charge in [-0.3, -0.25) is 4.79 Å². The summed E-state index contributed by atoms with van der Waals surface area (Å²) in [6, 6.07) is 8.26. The summed E-state index contributed by atoms with van der Waals surface area (Å²) in [5.41, 5.74) is 7.67. The zero-order valence-electron chi connectivity index (χ0n) is 12.6. The molecule has 1 aliphatic heterocycles. The van der Waals surface area contributed by atoms with Crippen molar-refractivity contribution in [2.45, 2.75) is 57.9 Å². The van der Waals surface area contributed by atoms with E-state index < -0.39 is 0 Å². The fraction of sp³-hybridized carbons (Fsp3) is 0.588. The number of carbonyl (C=O) groups excluding carboxylic acids is 1. The lowest BCUT2D eigenvalue weighted by Crippen LogP contribution is -2.38. The van der Waals surface area contributed by atoms with Gasteiger partial charge in [0.15, 0.2) is 0 Å². The molecule has 0 saturated carbocycles. The second-order valence-corrected chi connectivity index (χ2v) is 6.06. The molecule has 1 aromatic rings. The third kappa shape index (κ3) is 3.75. The van der Waals surface area contributed by atoms with Gasteiger partial charge in [-0.15, -0.1) is 0 Å². The molecule has 2 unspecified atom stereocenters. The Hall–Kier alpha value is -1.51. The van der Waals surface area contributed by atoms with Crippen molar-refractivity contribution in [2.75, 3.05) is 12.3 Å². The van der Waals surface area contributed by atoms with Gasteiger partial charge < -0.3 is 10.6 Å². The highest BCUT2D eigenvalue weighted by molar-refractivity contribution is 5.77. The van der Waals surface area contributed by atoms with Crippen molar-refractivity contribution in [3.8, 4) is 0 Å². The zero-order chi connectivity index (χ0) is 14.5. The lowest BCUT2D eigenvalue weighted by molar-refractivity contribution is -0.133. The number of carbonyl (C=O) groups is 1. The molecule has 0 aromatic heterocycles. The Kier molecular flexibility index (Phi) is 5.05. The lowest BCUT2D eigenvalue weighted by Gasteiger charge is -2.28. The number of amides is 1. The van der Waals surface area contributed by atoms with Crippen LogP contribution in [0.3, 0.4) is 0 Å². The molecular formula is C17H26N2O. The molecule has 3 heteroatoms. The lowest BCUT2D eigenvalue weighted by atomic mass is 9.96. The first-order chi connectivity index (χ1) is 9.58. The largest absolute Gasteiger partial charge is 0.399 e. The average molecular weight is 274 g/mol. The molecule has 0 radical (unpaired) electrons. The van der Waals surface area contributed by atoms with Crippen LogP contribution in [0.5, 0.6) is 0 Å². The number of nitrogens with two attached hydrogens (primary N) is 1. The number of rotatable bonds is 3. The Morgan fingerprint density at radius 2 is 2.00 bits per heavy atom. The minimum atomic E-state index is 0.249. The number of nitrogen functional groups attached to an aromatic ring is 1. The predicted octanol–water partition coefficient (Wildman–Crippen LogP) is 3.55. The van der Waals surface area contributed by atoms with Gasteiger partial charge in [0.2, 0.25) is 5.91 Å². The summed E-state index contributed by atoms with van der Waals surface area (Å²) in [6.45, 7) is 5.22. The number of hydrogen-bond acceptors (Lipinski definition) is 2. The Morgan fingerprint density at radius 3 is 2.70 bits per heavy atom. The van der Waals surface area contributed by atoms with Crippen molar-refractivity contribution in [2.24, 2.45) is 0 Å². The van der Waals surface area contributed by atoms with Gasteiger partial charge in [0.1, 0.15) is 0 Å². The van der Waals surface area contributed by atoms with E-state index in [1.165, 1.54) is 18.4 Å². The third-order valence-electron chi connectivity index (χ3n) is 4.36. The predicted molar refractivity (Wildman–Crippen MR) is 83.5 cm³/mol. The van der Waals surface area contributed by atoms with E-state index in [1.54, 1.807) is 0 Å². The highest BCUT2D eigenvalue weighted by Crippen LogP contribution is 2.23. The maximum atomic E-state index is 12.5. The molecule has 110 valence electrons. The molecule has 0 spiro atoms. The number of hydrogen-bond donors (Lipinski definition) is 1. The van der Waals surface area contributed by atoms with Gasteiger partial charge in [-0.2, -0.15) is 0 Å². The van der Waals surface area contributed by atoms with Crippen LogP contribution in [0.2, 0.25) is 0 Å². The first kappa shape index (κ1) is 14.9. The summed E-state index contributed by atoms with van der Waals surface area (Å²) in [4.78, 5) is 14.6. The van der Waals surface area contributed by atoms with E-state index >= 15 is 0 Å². The number of benzene rings is 1. The topological polar surface area (TPSA) is 46.3 Å². The summed E-state index contributed by atoms with van der Waals surface area (Å²) in [5, 5.41) is 0. The van der Waals surface area contributed by atoms with Crippen molar-refractivity contribution < 1.29 is 4.79 Å². The molecule has 0 aliphatic carbocycles. The number of likely N-dealkylation sites (tertiary alicyclic amines) is 1. The van der Waals surface area contributed by atoms with Crippen molar-refractivity contribution in [3.05, 3.63) is 29.8 Å². The summed E-state index contributed by atoms with van der Waals surface area (Å²) in [6.07, 6.45) is 5.38. The quantitative estimate of drug-likeness (QED) is 0.857. The molecule has 2 rings (SSSR count). The fourth-order valence-corrected chi connectivity index (χ4v) is 2.97. The molecule has 1 fully saturated rings. The highest BCUT2D eigenvalue weighted by atomic mass is 16.2. The fourth-order valence-electron chi connectivity index (χ4n) is 2.97. The Balaban J connectivity index is 1.97. The van der Waals surface area contributed by atoms with Gasteiger partial charge in [0.05, 0.1) is 0 Å². The summed E-state index contributed by atoms with van der Waals surface area (Å²) in [7, 11) is 0. The zero-order valence-corrected chi connectivity index (χ0v) is 12.6. The summed E-state index contributed by atoms with van der Waals surface area (Å²) < 4.78 is 0. The standard InChI is InChI=1S/C17H26N2O/c1-13(15-7-9-16(18)10-8-15)12-17(20)19-11-5-3-4-6-14(19)2/h7-10,13-14H,3-6,11-12,18H2,1-2H3. The van der Waals surface area contributed by atoms with Crippen LogP contribution in [-0.4, -0.2) is 23.4 Å². The van der Waals surface area contributed by atoms with Gasteiger partial charge >= 0.3 is 0 Å². The van der Waals surface area contributed by atoms with Crippen LogP contribution in [-0.2, 0) is 4.79 Å². The monoisotopic (exact) mass is 274 g/mol. The molecule has 1 aliphatic rings. The van der Waals surface area contributed by atoms with Crippen LogP contribution in [0, 0.1) is 0 Å². The Labute approximate surface area is 122 Å². The average Bonchev–Trinajstić information content (AvgIpc) is 2.64. The molecule has 2 atom stereocenters. The number of nitrogens with zero attached hydrogens (tertiary/aromatic N) is 1. The van der Waals surface area contributed by atoms with Crippen LogP contribution >= 0.6 is 0 Å². The van der Waals surface area contributed by atoms with E-state index in [1.807, 2.05) is 24.3 Å². The van der Waals surface area contributed by atoms with Crippen LogP contribution in [0.1, 0.15) is 57.4 Å². The molecule has 1 heterocycles. The highest BCUT2D eigenvalue weighted by Gasteiger charge is 2.23. The Bertz CT molecular complexity index is 441.